The van der Waals surface area contributed by atoms with E-state index in [1.807, 2.05) is 12.1 Å². The Morgan fingerprint density at radius 1 is 1.29 bits per heavy atom. The number of pyridine rings is 1. The Kier molecular flexibility index (Phi) is 3.26. The highest BCUT2D eigenvalue weighted by Gasteiger charge is 2.05. The lowest BCUT2D eigenvalue weighted by molar-refractivity contribution is 1.33. The molecule has 2 aromatic rings. The van der Waals surface area contributed by atoms with E-state index in [0.717, 1.165) is 10.2 Å². The van der Waals surface area contributed by atoms with Crippen LogP contribution in [-0.2, 0) is 0 Å². The predicted molar refractivity (Wildman–Crippen MR) is 70.8 cm³/mol. The minimum absolute atomic E-state index is 0.538. The SMILES string of the molecule is N#Cc1ccc(Br)cc1Nc1ccncc1N. The van der Waals surface area contributed by atoms with Crippen molar-refractivity contribution in [3.05, 3.63) is 46.7 Å². The number of nitrogens with one attached hydrogen (secondary N) is 1. The van der Waals surface area contributed by atoms with Crippen molar-refractivity contribution in [1.82, 2.24) is 4.98 Å². The molecule has 1 heterocycles. The van der Waals surface area contributed by atoms with Crippen LogP contribution in [0.15, 0.2) is 41.1 Å². The van der Waals surface area contributed by atoms with Crippen molar-refractivity contribution in [2.24, 2.45) is 0 Å². The predicted octanol–water partition coefficient (Wildman–Crippen LogP) is 3.04. The van der Waals surface area contributed by atoms with E-state index in [1.54, 1.807) is 24.5 Å². The molecular formula is C12H9BrN4. The Morgan fingerprint density at radius 2 is 2.12 bits per heavy atom. The molecule has 0 spiro atoms. The molecule has 0 amide bonds. The lowest BCUT2D eigenvalue weighted by Crippen LogP contribution is -1.98. The monoisotopic (exact) mass is 288 g/mol. The molecular weight excluding hydrogens is 280 g/mol. The number of nitrogens with zero attached hydrogens (tertiary/aromatic N) is 2. The summed E-state index contributed by atoms with van der Waals surface area (Å²) in [6.07, 6.45) is 3.20. The number of hydrogen-bond acceptors (Lipinski definition) is 4. The van der Waals surface area contributed by atoms with Crippen LogP contribution in [0.1, 0.15) is 5.56 Å². The van der Waals surface area contributed by atoms with E-state index in [-0.39, 0.29) is 0 Å². The molecule has 84 valence electrons. The zero-order valence-electron chi connectivity index (χ0n) is 8.81. The maximum atomic E-state index is 9.01. The fourth-order valence-corrected chi connectivity index (χ4v) is 1.74. The Labute approximate surface area is 107 Å². The molecule has 0 unspecified atom stereocenters. The van der Waals surface area contributed by atoms with Crippen molar-refractivity contribution in [1.29, 1.82) is 5.26 Å². The average molecular weight is 289 g/mol. The van der Waals surface area contributed by atoms with Crippen LogP contribution >= 0.6 is 15.9 Å². The van der Waals surface area contributed by atoms with Crippen molar-refractivity contribution in [3.8, 4) is 6.07 Å². The molecule has 0 saturated heterocycles. The van der Waals surface area contributed by atoms with Gasteiger partial charge in [-0.3, -0.25) is 4.98 Å². The molecule has 0 aliphatic carbocycles. The van der Waals surface area contributed by atoms with Crippen LogP contribution in [0.3, 0.4) is 0 Å². The number of halogens is 1. The highest BCUT2D eigenvalue weighted by Crippen LogP contribution is 2.26. The van der Waals surface area contributed by atoms with Crippen LogP contribution < -0.4 is 11.1 Å². The van der Waals surface area contributed by atoms with Gasteiger partial charge in [0, 0.05) is 10.7 Å². The van der Waals surface area contributed by atoms with Crippen molar-refractivity contribution < 1.29 is 0 Å². The van der Waals surface area contributed by atoms with Crippen molar-refractivity contribution in [3.63, 3.8) is 0 Å². The minimum Gasteiger partial charge on any atom is -0.396 e. The van der Waals surface area contributed by atoms with Gasteiger partial charge in [-0.15, -0.1) is 0 Å². The zero-order chi connectivity index (χ0) is 12.3. The molecule has 3 N–H and O–H groups in total. The van der Waals surface area contributed by atoms with Gasteiger partial charge in [0.05, 0.1) is 28.8 Å². The molecule has 0 fully saturated rings. The highest BCUT2D eigenvalue weighted by atomic mass is 79.9. The van der Waals surface area contributed by atoms with Crippen molar-refractivity contribution in [2.45, 2.75) is 0 Å². The van der Waals surface area contributed by atoms with E-state index >= 15 is 0 Å². The van der Waals surface area contributed by atoms with Gasteiger partial charge in [-0.05, 0) is 24.3 Å². The normalized spacial score (nSPS) is 9.65. The topological polar surface area (TPSA) is 74.7 Å². The van der Waals surface area contributed by atoms with Gasteiger partial charge in [-0.2, -0.15) is 5.26 Å². The molecule has 0 saturated carbocycles. The molecule has 1 aromatic carbocycles. The third-order valence-corrected chi connectivity index (χ3v) is 2.72. The Bertz CT molecular complexity index is 589. The first-order chi connectivity index (χ1) is 8.20. The van der Waals surface area contributed by atoms with Gasteiger partial charge in [0.25, 0.3) is 0 Å². The standard InChI is InChI=1S/C12H9BrN4/c13-9-2-1-8(6-14)12(5-9)17-11-3-4-16-7-10(11)15/h1-5,7H,15H2,(H,16,17). The van der Waals surface area contributed by atoms with Gasteiger partial charge in [-0.1, -0.05) is 15.9 Å². The lowest BCUT2D eigenvalue weighted by atomic mass is 10.2. The largest absolute Gasteiger partial charge is 0.396 e. The average Bonchev–Trinajstić information content (AvgIpc) is 2.32. The first-order valence-electron chi connectivity index (χ1n) is 4.87. The molecule has 0 radical (unpaired) electrons. The summed E-state index contributed by atoms with van der Waals surface area (Å²) in [6, 6.07) is 9.27. The van der Waals surface area contributed by atoms with Gasteiger partial charge in [0.15, 0.2) is 0 Å². The summed E-state index contributed by atoms with van der Waals surface area (Å²) in [5.41, 5.74) is 8.32. The van der Waals surface area contributed by atoms with Crippen LogP contribution in [0.25, 0.3) is 0 Å². The number of rotatable bonds is 2. The maximum absolute atomic E-state index is 9.01. The first-order valence-corrected chi connectivity index (χ1v) is 5.66. The Morgan fingerprint density at radius 3 is 2.82 bits per heavy atom. The molecule has 0 atom stereocenters. The van der Waals surface area contributed by atoms with E-state index in [4.69, 9.17) is 11.0 Å². The van der Waals surface area contributed by atoms with E-state index in [2.05, 4.69) is 32.3 Å². The summed E-state index contributed by atoms with van der Waals surface area (Å²) < 4.78 is 0.895. The summed E-state index contributed by atoms with van der Waals surface area (Å²) in [5.74, 6) is 0. The number of nitriles is 1. The third kappa shape index (κ3) is 2.55. The molecule has 0 aliphatic heterocycles. The maximum Gasteiger partial charge on any atom is 0.101 e. The number of aromatic nitrogens is 1. The second-order valence-corrected chi connectivity index (χ2v) is 4.31. The van der Waals surface area contributed by atoms with Crippen LogP contribution in [0.5, 0.6) is 0 Å². The third-order valence-electron chi connectivity index (χ3n) is 2.22. The van der Waals surface area contributed by atoms with Gasteiger partial charge in [-0.25, -0.2) is 0 Å². The van der Waals surface area contributed by atoms with Gasteiger partial charge in [0.2, 0.25) is 0 Å². The second kappa shape index (κ2) is 4.85. The Hall–Kier alpha value is -2.06. The van der Waals surface area contributed by atoms with Gasteiger partial charge >= 0.3 is 0 Å². The molecule has 4 nitrogen and oxygen atoms in total. The van der Waals surface area contributed by atoms with Crippen LogP contribution in [0, 0.1) is 11.3 Å². The van der Waals surface area contributed by atoms with Gasteiger partial charge < -0.3 is 11.1 Å². The van der Waals surface area contributed by atoms with E-state index < -0.39 is 0 Å². The smallest absolute Gasteiger partial charge is 0.101 e. The number of benzene rings is 1. The summed E-state index contributed by atoms with van der Waals surface area (Å²) in [5, 5.41) is 12.1. The fourth-order valence-electron chi connectivity index (χ4n) is 1.38. The quantitative estimate of drug-likeness (QED) is 0.891. The van der Waals surface area contributed by atoms with Gasteiger partial charge in [0.1, 0.15) is 6.07 Å². The Balaban J connectivity index is 2.40. The lowest BCUT2D eigenvalue weighted by Gasteiger charge is -2.10. The summed E-state index contributed by atoms with van der Waals surface area (Å²) >= 11 is 3.36. The molecule has 5 heteroatoms. The van der Waals surface area contributed by atoms with E-state index in [0.29, 0.717) is 16.9 Å². The minimum atomic E-state index is 0.538. The van der Waals surface area contributed by atoms with Crippen molar-refractivity contribution in [2.75, 3.05) is 11.1 Å². The molecule has 0 bridgehead atoms. The molecule has 0 aliphatic rings. The summed E-state index contributed by atoms with van der Waals surface area (Å²) in [7, 11) is 0. The van der Waals surface area contributed by atoms with E-state index in [9.17, 15) is 0 Å². The second-order valence-electron chi connectivity index (χ2n) is 3.39. The summed E-state index contributed by atoms with van der Waals surface area (Å²) in [4.78, 5) is 3.91. The molecule has 2 rings (SSSR count). The zero-order valence-corrected chi connectivity index (χ0v) is 10.4. The van der Waals surface area contributed by atoms with Crippen molar-refractivity contribution >= 4 is 33.0 Å². The number of hydrogen-bond donors (Lipinski definition) is 2. The number of nitrogens with two attached hydrogens (primary N) is 1. The van der Waals surface area contributed by atoms with Crippen LogP contribution in [0.4, 0.5) is 17.1 Å². The highest BCUT2D eigenvalue weighted by molar-refractivity contribution is 9.10. The number of nitrogen functional groups attached to an aromatic ring is 1. The molecule has 17 heavy (non-hydrogen) atoms. The first kappa shape index (κ1) is 11.4. The summed E-state index contributed by atoms with van der Waals surface area (Å²) in [6.45, 7) is 0. The van der Waals surface area contributed by atoms with E-state index in [1.165, 1.54) is 0 Å². The number of anilines is 3. The molecule has 1 aromatic heterocycles. The van der Waals surface area contributed by atoms with Crippen LogP contribution in [0.2, 0.25) is 0 Å². The van der Waals surface area contributed by atoms with Crippen LogP contribution in [-0.4, -0.2) is 4.98 Å². The fraction of sp³-hybridized carbons (Fsp3) is 0.